The predicted octanol–water partition coefficient (Wildman–Crippen LogP) is 2.59. The van der Waals surface area contributed by atoms with Gasteiger partial charge in [0.15, 0.2) is 0 Å². The van der Waals surface area contributed by atoms with Gasteiger partial charge in [0.05, 0.1) is 0 Å². The van der Waals surface area contributed by atoms with Gasteiger partial charge in [0, 0.05) is 31.6 Å². The van der Waals surface area contributed by atoms with Gasteiger partial charge in [0.25, 0.3) is 5.91 Å². The maximum Gasteiger partial charge on any atom is 0.253 e. The number of rotatable bonds is 5. The number of carbonyl (C=O) groups is 2. The summed E-state index contributed by atoms with van der Waals surface area (Å²) in [5.41, 5.74) is 0.511. The molecule has 1 aromatic rings. The molecule has 22 heavy (non-hydrogen) atoms. The second-order valence-electron chi connectivity index (χ2n) is 5.82. The largest absolute Gasteiger partial charge is 0.356 e. The van der Waals surface area contributed by atoms with Crippen molar-refractivity contribution in [3.63, 3.8) is 0 Å². The second kappa shape index (κ2) is 7.92. The molecule has 5 heteroatoms. The van der Waals surface area contributed by atoms with Crippen molar-refractivity contribution in [3.8, 4) is 0 Å². The monoisotopic (exact) mass is 306 g/mol. The molecule has 1 saturated heterocycles. The molecule has 1 aliphatic rings. The van der Waals surface area contributed by atoms with Crippen LogP contribution in [0.4, 0.5) is 4.39 Å². The first-order valence-corrected chi connectivity index (χ1v) is 7.91. The third kappa shape index (κ3) is 4.55. The van der Waals surface area contributed by atoms with E-state index in [0.717, 1.165) is 25.8 Å². The molecule has 0 unspecified atom stereocenters. The van der Waals surface area contributed by atoms with Crippen molar-refractivity contribution >= 4 is 11.8 Å². The summed E-state index contributed by atoms with van der Waals surface area (Å²) in [4.78, 5) is 25.7. The van der Waals surface area contributed by atoms with E-state index in [0.29, 0.717) is 31.0 Å². The van der Waals surface area contributed by atoms with Gasteiger partial charge < -0.3 is 10.2 Å². The average molecular weight is 306 g/mol. The number of halogens is 1. The van der Waals surface area contributed by atoms with Gasteiger partial charge in [-0.3, -0.25) is 9.59 Å². The quantitative estimate of drug-likeness (QED) is 0.909. The molecule has 1 heterocycles. The Labute approximate surface area is 130 Å². The minimum absolute atomic E-state index is 0.0652. The molecule has 0 bridgehead atoms. The van der Waals surface area contributed by atoms with Crippen molar-refractivity contribution in [2.24, 2.45) is 5.92 Å². The molecular formula is C17H23FN2O2. The Hall–Kier alpha value is -1.91. The molecule has 1 N–H and O–H groups in total. The van der Waals surface area contributed by atoms with Crippen LogP contribution in [0.3, 0.4) is 0 Å². The molecule has 0 radical (unpaired) electrons. The first-order chi connectivity index (χ1) is 10.6. The summed E-state index contributed by atoms with van der Waals surface area (Å²) >= 11 is 0. The molecule has 1 aliphatic heterocycles. The topological polar surface area (TPSA) is 49.4 Å². The zero-order valence-corrected chi connectivity index (χ0v) is 13.0. The van der Waals surface area contributed by atoms with Crippen LogP contribution in [0, 0.1) is 11.7 Å². The van der Waals surface area contributed by atoms with Crippen LogP contribution in [0.25, 0.3) is 0 Å². The molecule has 2 amide bonds. The normalized spacial score (nSPS) is 18.1. The highest BCUT2D eigenvalue weighted by Crippen LogP contribution is 2.18. The third-order valence-corrected chi connectivity index (χ3v) is 3.96. The molecule has 1 fully saturated rings. The highest BCUT2D eigenvalue weighted by Gasteiger charge is 2.24. The Morgan fingerprint density at radius 1 is 1.32 bits per heavy atom. The summed E-state index contributed by atoms with van der Waals surface area (Å²) in [6.45, 7) is 3.95. The highest BCUT2D eigenvalue weighted by molar-refractivity contribution is 5.94. The minimum atomic E-state index is -0.341. The van der Waals surface area contributed by atoms with Crippen LogP contribution in [0.1, 0.15) is 43.0 Å². The number of benzene rings is 1. The van der Waals surface area contributed by atoms with Crippen LogP contribution in [0.2, 0.25) is 0 Å². The lowest BCUT2D eigenvalue weighted by Crippen LogP contribution is -2.43. The maximum atomic E-state index is 12.9. The smallest absolute Gasteiger partial charge is 0.253 e. The molecule has 0 spiro atoms. The fourth-order valence-electron chi connectivity index (χ4n) is 2.76. The Balaban J connectivity index is 1.88. The van der Waals surface area contributed by atoms with Gasteiger partial charge in [-0.1, -0.05) is 6.92 Å². The van der Waals surface area contributed by atoms with Gasteiger partial charge in [-0.25, -0.2) is 4.39 Å². The van der Waals surface area contributed by atoms with Crippen molar-refractivity contribution in [1.82, 2.24) is 10.2 Å². The number of nitrogens with one attached hydrogen (secondary N) is 1. The van der Waals surface area contributed by atoms with Crippen LogP contribution < -0.4 is 5.32 Å². The fourth-order valence-corrected chi connectivity index (χ4v) is 2.76. The average Bonchev–Trinajstić information content (AvgIpc) is 2.53. The molecule has 120 valence electrons. The van der Waals surface area contributed by atoms with Gasteiger partial charge in [-0.2, -0.15) is 0 Å². The lowest BCUT2D eigenvalue weighted by Gasteiger charge is -2.33. The molecule has 0 aromatic heterocycles. The Morgan fingerprint density at radius 3 is 2.73 bits per heavy atom. The van der Waals surface area contributed by atoms with E-state index >= 15 is 0 Å². The SMILES string of the molecule is CCCC(=O)NC[C@H]1CCCN(C(=O)c2ccc(F)cc2)C1. The van der Waals surface area contributed by atoms with Crippen LogP contribution in [0.15, 0.2) is 24.3 Å². The fraction of sp³-hybridized carbons (Fsp3) is 0.529. The molecule has 0 saturated carbocycles. The minimum Gasteiger partial charge on any atom is -0.356 e. The summed E-state index contributed by atoms with van der Waals surface area (Å²) in [5.74, 6) is -0.0419. The Kier molecular flexibility index (Phi) is 5.92. The lowest BCUT2D eigenvalue weighted by atomic mass is 9.97. The van der Waals surface area contributed by atoms with Crippen molar-refractivity contribution in [1.29, 1.82) is 0 Å². The third-order valence-electron chi connectivity index (χ3n) is 3.96. The zero-order valence-electron chi connectivity index (χ0n) is 13.0. The van der Waals surface area contributed by atoms with E-state index in [-0.39, 0.29) is 17.6 Å². The number of likely N-dealkylation sites (tertiary alicyclic amines) is 1. The number of carbonyl (C=O) groups excluding carboxylic acids is 2. The predicted molar refractivity (Wildman–Crippen MR) is 82.9 cm³/mol. The van der Waals surface area contributed by atoms with Crippen molar-refractivity contribution in [2.45, 2.75) is 32.6 Å². The van der Waals surface area contributed by atoms with E-state index in [1.165, 1.54) is 24.3 Å². The summed E-state index contributed by atoms with van der Waals surface area (Å²) in [7, 11) is 0. The van der Waals surface area contributed by atoms with E-state index < -0.39 is 0 Å². The molecule has 1 atom stereocenters. The molecular weight excluding hydrogens is 283 g/mol. The van der Waals surface area contributed by atoms with Crippen LogP contribution in [-0.2, 0) is 4.79 Å². The summed E-state index contributed by atoms with van der Waals surface area (Å²) in [6, 6.07) is 5.65. The number of hydrogen-bond acceptors (Lipinski definition) is 2. The van der Waals surface area contributed by atoms with E-state index in [2.05, 4.69) is 5.32 Å². The van der Waals surface area contributed by atoms with Crippen molar-refractivity contribution < 1.29 is 14.0 Å². The van der Waals surface area contributed by atoms with Gasteiger partial charge >= 0.3 is 0 Å². The molecule has 4 nitrogen and oxygen atoms in total. The lowest BCUT2D eigenvalue weighted by molar-refractivity contribution is -0.121. The molecule has 0 aliphatic carbocycles. The molecule has 1 aromatic carbocycles. The first kappa shape index (κ1) is 16.5. The van der Waals surface area contributed by atoms with E-state index in [4.69, 9.17) is 0 Å². The zero-order chi connectivity index (χ0) is 15.9. The Morgan fingerprint density at radius 2 is 2.05 bits per heavy atom. The van der Waals surface area contributed by atoms with Gasteiger partial charge in [-0.05, 0) is 49.4 Å². The van der Waals surface area contributed by atoms with Crippen molar-refractivity contribution in [3.05, 3.63) is 35.6 Å². The number of hydrogen-bond donors (Lipinski definition) is 1. The number of amides is 2. The van der Waals surface area contributed by atoms with Gasteiger partial charge in [0.2, 0.25) is 5.91 Å². The Bertz CT molecular complexity index is 516. The van der Waals surface area contributed by atoms with Gasteiger partial charge in [0.1, 0.15) is 5.82 Å². The van der Waals surface area contributed by atoms with Crippen LogP contribution in [-0.4, -0.2) is 36.3 Å². The standard InChI is InChI=1S/C17H23FN2O2/c1-2-4-16(21)19-11-13-5-3-10-20(12-13)17(22)14-6-8-15(18)9-7-14/h6-9,13H,2-5,10-12H2,1H3,(H,19,21)/t13-/m1/s1. The van der Waals surface area contributed by atoms with Crippen molar-refractivity contribution in [2.75, 3.05) is 19.6 Å². The van der Waals surface area contributed by atoms with Gasteiger partial charge in [-0.15, -0.1) is 0 Å². The van der Waals surface area contributed by atoms with E-state index in [9.17, 15) is 14.0 Å². The number of nitrogens with zero attached hydrogens (tertiary/aromatic N) is 1. The number of piperidine rings is 1. The van der Waals surface area contributed by atoms with E-state index in [1.807, 2.05) is 6.92 Å². The second-order valence-corrected chi connectivity index (χ2v) is 5.82. The maximum absolute atomic E-state index is 12.9. The molecule has 2 rings (SSSR count). The highest BCUT2D eigenvalue weighted by atomic mass is 19.1. The summed E-state index contributed by atoms with van der Waals surface area (Å²) < 4.78 is 12.9. The van der Waals surface area contributed by atoms with E-state index in [1.54, 1.807) is 4.90 Å². The first-order valence-electron chi connectivity index (χ1n) is 7.91. The van der Waals surface area contributed by atoms with Crippen LogP contribution in [0.5, 0.6) is 0 Å². The van der Waals surface area contributed by atoms with Crippen LogP contribution >= 0.6 is 0 Å². The summed E-state index contributed by atoms with van der Waals surface area (Å²) in [5, 5.41) is 2.93. The summed E-state index contributed by atoms with van der Waals surface area (Å²) in [6.07, 6.45) is 3.33.